The second-order valence-electron chi connectivity index (χ2n) is 5.40. The molecule has 2 aromatic rings. The molecule has 0 fully saturated rings. The molecule has 0 amide bonds. The number of aromatic nitrogens is 2. The Morgan fingerprint density at radius 3 is 2.86 bits per heavy atom. The van der Waals surface area contributed by atoms with Crippen LogP contribution >= 0.6 is 11.8 Å². The zero-order valence-corrected chi connectivity index (χ0v) is 14.1. The zero-order chi connectivity index (χ0) is 15.2. The lowest BCUT2D eigenvalue weighted by Gasteiger charge is -2.14. The van der Waals surface area contributed by atoms with Crippen LogP contribution in [0, 0.1) is 0 Å². The molecule has 0 spiro atoms. The Kier molecular flexibility index (Phi) is 6.08. The topological polar surface area (TPSA) is 39.1 Å². The molecule has 1 aromatic carbocycles. The number of imidazole rings is 1. The normalized spacial score (nSPS) is 13.2. The quantitative estimate of drug-likeness (QED) is 0.758. The highest BCUT2D eigenvalue weighted by Gasteiger charge is 2.12. The van der Waals surface area contributed by atoms with E-state index in [0.717, 1.165) is 23.4 Å². The predicted molar refractivity (Wildman–Crippen MR) is 90.8 cm³/mol. The Hall–Kier alpha value is -1.04. The predicted octanol–water partition coefficient (Wildman–Crippen LogP) is 3.43. The molecule has 1 heterocycles. The zero-order valence-electron chi connectivity index (χ0n) is 13.3. The van der Waals surface area contributed by atoms with Crippen molar-refractivity contribution in [2.75, 3.05) is 19.4 Å². The summed E-state index contributed by atoms with van der Waals surface area (Å²) in [6.45, 7) is 7.90. The third-order valence-corrected chi connectivity index (χ3v) is 4.55. The van der Waals surface area contributed by atoms with Gasteiger partial charge < -0.3 is 14.6 Å². The van der Waals surface area contributed by atoms with Crippen LogP contribution in [-0.4, -0.2) is 34.2 Å². The molecule has 21 heavy (non-hydrogen) atoms. The molecule has 2 rings (SSSR count). The van der Waals surface area contributed by atoms with E-state index in [-0.39, 0.29) is 0 Å². The molecule has 0 saturated heterocycles. The fraction of sp³-hybridized carbons (Fsp3) is 0.562. The van der Waals surface area contributed by atoms with Gasteiger partial charge in [0.2, 0.25) is 0 Å². The van der Waals surface area contributed by atoms with Gasteiger partial charge in [-0.2, -0.15) is 11.8 Å². The van der Waals surface area contributed by atoms with Gasteiger partial charge in [-0.1, -0.05) is 26.0 Å². The number of hydrogen-bond donors (Lipinski definition) is 1. The van der Waals surface area contributed by atoms with Gasteiger partial charge in [-0.05, 0) is 30.9 Å². The number of hydrogen-bond acceptors (Lipinski definition) is 4. The standard InChI is InChI=1S/C16H25N3OS/c1-12(2)21-9-8-20-11-19-10-18-15-7-5-6-14(16(15)19)13(3)17-4/h5-7,10,12-13,17H,8-9,11H2,1-4H3. The van der Waals surface area contributed by atoms with E-state index in [2.05, 4.69) is 47.8 Å². The summed E-state index contributed by atoms with van der Waals surface area (Å²) >= 11 is 1.92. The van der Waals surface area contributed by atoms with Crippen LogP contribution < -0.4 is 5.32 Å². The molecular weight excluding hydrogens is 282 g/mol. The molecule has 1 N–H and O–H groups in total. The van der Waals surface area contributed by atoms with E-state index in [0.29, 0.717) is 18.0 Å². The van der Waals surface area contributed by atoms with Crippen LogP contribution in [0.25, 0.3) is 11.0 Å². The first-order valence-corrected chi connectivity index (χ1v) is 8.48. The maximum absolute atomic E-state index is 5.79. The number of benzene rings is 1. The summed E-state index contributed by atoms with van der Waals surface area (Å²) in [6, 6.07) is 6.55. The largest absolute Gasteiger partial charge is 0.360 e. The van der Waals surface area contributed by atoms with E-state index in [4.69, 9.17) is 4.74 Å². The van der Waals surface area contributed by atoms with Crippen molar-refractivity contribution in [2.45, 2.75) is 38.8 Å². The molecule has 0 saturated carbocycles. The first kappa shape index (κ1) is 16.3. The number of fused-ring (bicyclic) bond motifs is 1. The minimum absolute atomic E-state index is 0.292. The lowest BCUT2D eigenvalue weighted by atomic mass is 10.1. The second kappa shape index (κ2) is 7.82. The summed E-state index contributed by atoms with van der Waals surface area (Å²) in [5.41, 5.74) is 3.44. The summed E-state index contributed by atoms with van der Waals surface area (Å²) in [5.74, 6) is 1.03. The van der Waals surface area contributed by atoms with Gasteiger partial charge in [-0.25, -0.2) is 4.98 Å². The lowest BCUT2D eigenvalue weighted by Crippen LogP contribution is -2.14. The van der Waals surface area contributed by atoms with E-state index < -0.39 is 0 Å². The molecule has 0 aliphatic carbocycles. The molecule has 4 nitrogen and oxygen atoms in total. The number of rotatable bonds is 8. The first-order valence-electron chi connectivity index (χ1n) is 7.43. The van der Waals surface area contributed by atoms with Crippen LogP contribution in [0.15, 0.2) is 24.5 Å². The van der Waals surface area contributed by atoms with E-state index in [1.165, 1.54) is 5.56 Å². The fourth-order valence-electron chi connectivity index (χ4n) is 2.26. The maximum Gasteiger partial charge on any atom is 0.124 e. The summed E-state index contributed by atoms with van der Waals surface area (Å²) in [6.07, 6.45) is 1.87. The van der Waals surface area contributed by atoms with Crippen molar-refractivity contribution < 1.29 is 4.74 Å². The highest BCUT2D eigenvalue weighted by Crippen LogP contribution is 2.23. The van der Waals surface area contributed by atoms with Crippen LogP contribution in [0.3, 0.4) is 0 Å². The van der Waals surface area contributed by atoms with Crippen molar-refractivity contribution in [3.05, 3.63) is 30.1 Å². The molecule has 0 aliphatic heterocycles. The average molecular weight is 307 g/mol. The third-order valence-electron chi connectivity index (χ3n) is 3.48. The van der Waals surface area contributed by atoms with Crippen molar-refractivity contribution in [1.29, 1.82) is 0 Å². The third kappa shape index (κ3) is 4.22. The Morgan fingerprint density at radius 2 is 2.14 bits per heavy atom. The van der Waals surface area contributed by atoms with Gasteiger partial charge >= 0.3 is 0 Å². The molecule has 1 unspecified atom stereocenters. The molecule has 1 aromatic heterocycles. The van der Waals surface area contributed by atoms with E-state index in [1.54, 1.807) is 0 Å². The van der Waals surface area contributed by atoms with Crippen LogP contribution in [0.1, 0.15) is 32.4 Å². The fourth-order valence-corrected chi connectivity index (χ4v) is 2.95. The SMILES string of the molecule is CNC(C)c1cccc2ncn(COCCSC(C)C)c12. The van der Waals surface area contributed by atoms with Gasteiger partial charge in [-0.15, -0.1) is 0 Å². The number of para-hydroxylation sites is 1. The van der Waals surface area contributed by atoms with Gasteiger partial charge in [-0.3, -0.25) is 0 Å². The lowest BCUT2D eigenvalue weighted by molar-refractivity contribution is 0.0924. The molecule has 5 heteroatoms. The van der Waals surface area contributed by atoms with Crippen LogP contribution in [0.4, 0.5) is 0 Å². The summed E-state index contributed by atoms with van der Waals surface area (Å²) in [5, 5.41) is 3.95. The van der Waals surface area contributed by atoms with Crippen LogP contribution in [-0.2, 0) is 11.5 Å². The highest BCUT2D eigenvalue weighted by molar-refractivity contribution is 7.99. The van der Waals surface area contributed by atoms with E-state index in [9.17, 15) is 0 Å². The number of ether oxygens (including phenoxy) is 1. The molecular formula is C16H25N3OS. The van der Waals surface area contributed by atoms with Crippen molar-refractivity contribution in [3.63, 3.8) is 0 Å². The van der Waals surface area contributed by atoms with Crippen molar-refractivity contribution >= 4 is 22.8 Å². The second-order valence-corrected chi connectivity index (χ2v) is 7.08. The number of nitrogens with one attached hydrogen (secondary N) is 1. The van der Waals surface area contributed by atoms with Gasteiger partial charge in [0.25, 0.3) is 0 Å². The number of nitrogens with zero attached hydrogens (tertiary/aromatic N) is 2. The van der Waals surface area contributed by atoms with E-state index >= 15 is 0 Å². The van der Waals surface area contributed by atoms with Gasteiger partial charge in [0.1, 0.15) is 6.73 Å². The highest BCUT2D eigenvalue weighted by atomic mass is 32.2. The Balaban J connectivity index is 2.06. The minimum atomic E-state index is 0.292. The first-order chi connectivity index (χ1) is 10.1. The molecule has 0 bridgehead atoms. The smallest absolute Gasteiger partial charge is 0.124 e. The van der Waals surface area contributed by atoms with Gasteiger partial charge in [0, 0.05) is 11.8 Å². The summed E-state index contributed by atoms with van der Waals surface area (Å²) < 4.78 is 7.88. The molecule has 116 valence electrons. The van der Waals surface area contributed by atoms with Gasteiger partial charge in [0.15, 0.2) is 0 Å². The summed E-state index contributed by atoms with van der Waals surface area (Å²) in [7, 11) is 1.98. The van der Waals surface area contributed by atoms with Crippen molar-refractivity contribution in [2.24, 2.45) is 0 Å². The average Bonchev–Trinajstić information content (AvgIpc) is 2.89. The Labute approximate surface area is 131 Å². The molecule has 0 radical (unpaired) electrons. The van der Waals surface area contributed by atoms with Crippen molar-refractivity contribution in [1.82, 2.24) is 14.9 Å². The van der Waals surface area contributed by atoms with Crippen LogP contribution in [0.2, 0.25) is 0 Å². The molecule has 0 aliphatic rings. The van der Waals surface area contributed by atoms with Crippen LogP contribution in [0.5, 0.6) is 0 Å². The maximum atomic E-state index is 5.79. The summed E-state index contributed by atoms with van der Waals surface area (Å²) in [4.78, 5) is 4.47. The van der Waals surface area contributed by atoms with Crippen molar-refractivity contribution in [3.8, 4) is 0 Å². The van der Waals surface area contributed by atoms with Gasteiger partial charge in [0.05, 0.1) is 24.0 Å². The minimum Gasteiger partial charge on any atom is -0.360 e. The van der Waals surface area contributed by atoms with E-state index in [1.807, 2.05) is 31.2 Å². The number of thioether (sulfide) groups is 1. The Bertz CT molecular complexity index is 568. The monoisotopic (exact) mass is 307 g/mol. The molecule has 1 atom stereocenters. The Morgan fingerprint density at radius 1 is 1.33 bits per heavy atom.